The molecule has 0 spiro atoms. The van der Waals surface area contributed by atoms with Crippen LogP contribution >= 0.6 is 0 Å². The summed E-state index contributed by atoms with van der Waals surface area (Å²) in [7, 11) is 0. The Morgan fingerprint density at radius 2 is 1.52 bits per heavy atom. The molecule has 0 aromatic heterocycles. The molecule has 0 aliphatic heterocycles. The topological polar surface area (TPSA) is 0 Å². The summed E-state index contributed by atoms with van der Waals surface area (Å²) >= 11 is 0. The minimum absolute atomic E-state index is 0. The summed E-state index contributed by atoms with van der Waals surface area (Å²) < 4.78 is 0. The fourth-order valence-corrected chi connectivity index (χ4v) is 3.13. The van der Waals surface area contributed by atoms with Crippen molar-refractivity contribution in [3.63, 3.8) is 0 Å². The molecule has 140 valence electrons. The van der Waals surface area contributed by atoms with Crippen LogP contribution in [0.5, 0.6) is 0 Å². The van der Waals surface area contributed by atoms with Crippen LogP contribution in [0.3, 0.4) is 0 Å². The van der Waals surface area contributed by atoms with Crippen LogP contribution in [0.1, 0.15) is 33.4 Å². The normalized spacial score (nSPS) is 9.48. The summed E-state index contributed by atoms with van der Waals surface area (Å²) in [5.74, 6) is 0. The van der Waals surface area contributed by atoms with Crippen LogP contribution in [0.15, 0.2) is 61.7 Å². The van der Waals surface area contributed by atoms with Gasteiger partial charge in [0.2, 0.25) is 0 Å². The van der Waals surface area contributed by atoms with Crippen molar-refractivity contribution in [2.24, 2.45) is 0 Å². The van der Waals surface area contributed by atoms with Crippen LogP contribution in [0.25, 0.3) is 11.1 Å². The Morgan fingerprint density at radius 3 is 2.04 bits per heavy atom. The van der Waals surface area contributed by atoms with E-state index >= 15 is 0 Å². The second-order valence-corrected chi connectivity index (χ2v) is 6.16. The van der Waals surface area contributed by atoms with Crippen molar-refractivity contribution in [2.45, 2.75) is 34.1 Å². The molecule has 0 heterocycles. The standard InChI is InChI=1S/C13H9.C9H13.C2H4.2ClH.Ti/c1-3-7-12-10(5-1)9-11-6-2-4-8-13(11)12;1-6-5-7(2)9(4)8(6)3;1-2;;;/h1-5,7-8H,9H2;5H,1-4H3;1-2H2;2*1H;/q2*-1;;;;+4/p-2. The number of hydrogen-bond donors (Lipinski definition) is 0. The van der Waals surface area contributed by atoms with Crippen molar-refractivity contribution < 1.29 is 46.5 Å². The van der Waals surface area contributed by atoms with E-state index < -0.39 is 0 Å². The number of benzene rings is 2. The zero-order valence-electron chi connectivity index (χ0n) is 16.5. The summed E-state index contributed by atoms with van der Waals surface area (Å²) in [6.45, 7) is 14.7. The van der Waals surface area contributed by atoms with Gasteiger partial charge < -0.3 is 24.8 Å². The van der Waals surface area contributed by atoms with Gasteiger partial charge in [-0.25, -0.2) is 0 Å². The minimum atomic E-state index is 0. The largest absolute Gasteiger partial charge is 4.00 e. The van der Waals surface area contributed by atoms with E-state index in [0.717, 1.165) is 6.42 Å². The number of fused-ring (bicyclic) bond motifs is 3. The van der Waals surface area contributed by atoms with Gasteiger partial charge in [0.1, 0.15) is 0 Å². The fourth-order valence-electron chi connectivity index (χ4n) is 3.13. The van der Waals surface area contributed by atoms with Gasteiger partial charge in [0.15, 0.2) is 0 Å². The van der Waals surface area contributed by atoms with Gasteiger partial charge in [-0.3, -0.25) is 0 Å². The van der Waals surface area contributed by atoms with Crippen LogP contribution in [-0.4, -0.2) is 0 Å². The third-order valence-electron chi connectivity index (χ3n) is 4.80. The second-order valence-electron chi connectivity index (χ2n) is 6.16. The van der Waals surface area contributed by atoms with E-state index in [9.17, 15) is 0 Å². The average Bonchev–Trinajstić information content (AvgIpc) is 3.10. The van der Waals surface area contributed by atoms with Gasteiger partial charge in [-0.1, -0.05) is 63.1 Å². The summed E-state index contributed by atoms with van der Waals surface area (Å²) in [4.78, 5) is 0. The van der Waals surface area contributed by atoms with Gasteiger partial charge in [0, 0.05) is 0 Å². The van der Waals surface area contributed by atoms with Gasteiger partial charge in [-0.2, -0.15) is 58.1 Å². The molecule has 0 saturated carbocycles. The van der Waals surface area contributed by atoms with Crippen LogP contribution in [0, 0.1) is 33.8 Å². The minimum Gasteiger partial charge on any atom is -1.00 e. The molecule has 0 fully saturated rings. The molecule has 3 aromatic carbocycles. The van der Waals surface area contributed by atoms with Crippen molar-refractivity contribution >= 4 is 0 Å². The zero-order valence-corrected chi connectivity index (χ0v) is 19.6. The van der Waals surface area contributed by atoms with Gasteiger partial charge in [0.25, 0.3) is 0 Å². The van der Waals surface area contributed by atoms with E-state index in [-0.39, 0.29) is 46.5 Å². The Kier molecular flexibility index (Phi) is 13.6. The number of hydrogen-bond acceptors (Lipinski definition) is 0. The van der Waals surface area contributed by atoms with E-state index in [2.05, 4.69) is 89.4 Å². The monoisotopic (exact) mass is 432 g/mol. The Labute approximate surface area is 192 Å². The maximum atomic E-state index is 3.30. The van der Waals surface area contributed by atoms with Crippen LogP contribution in [-0.2, 0) is 28.1 Å². The van der Waals surface area contributed by atoms with E-state index in [4.69, 9.17) is 0 Å². The smallest absolute Gasteiger partial charge is 1.00 e. The molecule has 4 rings (SSSR count). The van der Waals surface area contributed by atoms with E-state index in [1.165, 1.54) is 44.5 Å². The van der Waals surface area contributed by atoms with E-state index in [1.807, 2.05) is 6.07 Å². The maximum Gasteiger partial charge on any atom is 4.00 e. The van der Waals surface area contributed by atoms with Crippen LogP contribution in [0.2, 0.25) is 0 Å². The first kappa shape index (κ1) is 28.0. The molecule has 27 heavy (non-hydrogen) atoms. The molecule has 0 unspecified atom stereocenters. The fraction of sp³-hybridized carbons (Fsp3) is 0.208. The first-order valence-electron chi connectivity index (χ1n) is 8.36. The Balaban J connectivity index is 0. The molecule has 0 N–H and O–H groups in total. The maximum absolute atomic E-state index is 3.30. The third-order valence-corrected chi connectivity index (χ3v) is 4.80. The first-order valence-corrected chi connectivity index (χ1v) is 8.36. The molecule has 0 amide bonds. The van der Waals surface area contributed by atoms with Gasteiger partial charge in [-0.05, 0) is 6.42 Å². The van der Waals surface area contributed by atoms with Crippen molar-refractivity contribution in [3.8, 4) is 11.1 Å². The Hall–Kier alpha value is -1.18. The van der Waals surface area contributed by atoms with Gasteiger partial charge in [0.05, 0.1) is 0 Å². The molecule has 0 radical (unpaired) electrons. The SMILES string of the molecule is C=C.Cc1c[c-](C)c(C)c1C.[Cl-].[Cl-].[Ti+4].[c-]1cccc2c1Cc1ccccc1-2. The summed E-state index contributed by atoms with van der Waals surface area (Å²) in [6, 6.07) is 20.3. The Morgan fingerprint density at radius 1 is 0.926 bits per heavy atom. The third kappa shape index (κ3) is 6.44. The van der Waals surface area contributed by atoms with Crippen molar-refractivity contribution in [1.82, 2.24) is 0 Å². The molecule has 0 atom stereocenters. The summed E-state index contributed by atoms with van der Waals surface area (Å²) in [6.07, 6.45) is 1.05. The average molecular weight is 433 g/mol. The van der Waals surface area contributed by atoms with E-state index in [1.54, 1.807) is 0 Å². The molecule has 3 aromatic rings. The van der Waals surface area contributed by atoms with Crippen molar-refractivity contribution in [2.75, 3.05) is 0 Å². The predicted molar refractivity (Wildman–Crippen MR) is 106 cm³/mol. The quantitative estimate of drug-likeness (QED) is 0.216. The zero-order chi connectivity index (χ0) is 17.7. The number of aryl methyl sites for hydroxylation is 2. The molecule has 1 aliphatic rings. The number of halogens is 2. The molecule has 1 aliphatic carbocycles. The number of rotatable bonds is 0. The van der Waals surface area contributed by atoms with Crippen LogP contribution < -0.4 is 24.8 Å². The second kappa shape index (κ2) is 13.1. The molecule has 0 nitrogen and oxygen atoms in total. The van der Waals surface area contributed by atoms with Crippen molar-refractivity contribution in [1.29, 1.82) is 0 Å². The summed E-state index contributed by atoms with van der Waals surface area (Å²) in [5, 5.41) is 0. The van der Waals surface area contributed by atoms with Crippen LogP contribution in [0.4, 0.5) is 0 Å². The Bertz CT molecular complexity index is 768. The molecular weight excluding hydrogens is 407 g/mol. The predicted octanol–water partition coefficient (Wildman–Crippen LogP) is 0.505. The molecule has 3 heteroatoms. The molecule has 0 saturated heterocycles. The molecule has 0 bridgehead atoms. The van der Waals surface area contributed by atoms with E-state index in [0.29, 0.717) is 0 Å². The van der Waals surface area contributed by atoms with Gasteiger partial charge in [-0.15, -0.1) is 18.7 Å². The van der Waals surface area contributed by atoms with Gasteiger partial charge >= 0.3 is 21.7 Å². The molecular formula is C24H26Cl2Ti. The first-order chi connectivity index (χ1) is 11.6. The van der Waals surface area contributed by atoms with Crippen molar-refractivity contribution in [3.05, 3.63) is 101 Å². The summed E-state index contributed by atoms with van der Waals surface area (Å²) in [5.41, 5.74) is 11.3.